The summed E-state index contributed by atoms with van der Waals surface area (Å²) in [4.78, 5) is 60.7. The number of carbonyl (C=O) groups excluding carboxylic acids is 5. The largest absolute Gasteiger partial charge is 0.463 e. The Hall–Kier alpha value is -3.38. The lowest BCUT2D eigenvalue weighted by Crippen LogP contribution is -2.71. The second-order valence-corrected chi connectivity index (χ2v) is 5.89. The Morgan fingerprint density at radius 1 is 0.966 bits per heavy atom. The summed E-state index contributed by atoms with van der Waals surface area (Å²) < 4.78 is 25.5. The smallest absolute Gasteiger partial charge is 0.303 e. The van der Waals surface area contributed by atoms with Crippen LogP contribution >= 0.6 is 0 Å². The number of ether oxygens (including phenoxy) is 5. The molecule has 2 N–H and O–H groups in total. The van der Waals surface area contributed by atoms with E-state index in [1.807, 2.05) is 0 Å². The minimum atomic E-state index is -2.69. The highest BCUT2D eigenvalue weighted by Crippen LogP contribution is 2.37. The van der Waals surface area contributed by atoms with Crippen LogP contribution in [0, 0.1) is 0 Å². The molecule has 160 valence electrons. The lowest BCUT2D eigenvalue weighted by Gasteiger charge is -2.47. The van der Waals surface area contributed by atoms with Crippen LogP contribution in [0.3, 0.4) is 0 Å². The van der Waals surface area contributed by atoms with E-state index in [1.165, 1.54) is 0 Å². The van der Waals surface area contributed by atoms with E-state index in [0.29, 0.717) is 0 Å². The third kappa shape index (κ3) is 5.80. The third-order valence-corrected chi connectivity index (χ3v) is 3.60. The topological polar surface area (TPSA) is 206 Å². The molecule has 14 nitrogen and oxygen atoms in total. The highest BCUT2D eigenvalue weighted by atomic mass is 16.7. The summed E-state index contributed by atoms with van der Waals surface area (Å²) in [5.41, 5.74) is 11.6. The van der Waals surface area contributed by atoms with Crippen LogP contribution in [-0.2, 0) is 47.7 Å². The molecule has 1 amide bonds. The van der Waals surface area contributed by atoms with Gasteiger partial charge in [-0.05, 0) is 10.6 Å². The Kier molecular flexibility index (Phi) is 7.92. The number of hydrogen-bond donors (Lipinski definition) is 1. The van der Waals surface area contributed by atoms with Crippen LogP contribution < -0.4 is 5.73 Å². The van der Waals surface area contributed by atoms with Gasteiger partial charge in [-0.1, -0.05) is 0 Å². The molecule has 1 fully saturated rings. The molecule has 1 rings (SSSR count). The van der Waals surface area contributed by atoms with Crippen molar-refractivity contribution in [2.45, 2.75) is 57.8 Å². The molecule has 0 aromatic heterocycles. The van der Waals surface area contributed by atoms with E-state index in [-0.39, 0.29) is 0 Å². The summed E-state index contributed by atoms with van der Waals surface area (Å²) in [7, 11) is 0. The number of amides is 1. The first-order valence-corrected chi connectivity index (χ1v) is 8.13. The Morgan fingerprint density at radius 2 is 1.48 bits per heavy atom. The van der Waals surface area contributed by atoms with Crippen molar-refractivity contribution in [1.29, 1.82) is 0 Å². The SMILES string of the molecule is CC(=O)OC[C@H]1O[C@](N=[N+]=[N-])(C(N)=O)[C@H](OC(C)=O)[C@@H](OC(C)=O)[C@H]1OC(C)=O. The lowest BCUT2D eigenvalue weighted by molar-refractivity contribution is -0.276. The average molecular weight is 416 g/mol. The Labute approximate surface area is 164 Å². The van der Waals surface area contributed by atoms with Gasteiger partial charge in [0.1, 0.15) is 12.7 Å². The highest BCUT2D eigenvalue weighted by molar-refractivity contribution is 5.85. The molecule has 1 heterocycles. The minimum absolute atomic E-state index is 0.603. The van der Waals surface area contributed by atoms with E-state index in [2.05, 4.69) is 10.0 Å². The van der Waals surface area contributed by atoms with Crippen molar-refractivity contribution in [3.05, 3.63) is 10.4 Å². The van der Waals surface area contributed by atoms with Crippen LogP contribution in [0.25, 0.3) is 10.4 Å². The van der Waals surface area contributed by atoms with E-state index in [9.17, 15) is 24.0 Å². The first-order chi connectivity index (χ1) is 13.4. The molecule has 29 heavy (non-hydrogen) atoms. The molecule has 0 unspecified atom stereocenters. The van der Waals surface area contributed by atoms with Crippen LogP contribution in [0.5, 0.6) is 0 Å². The predicted molar refractivity (Wildman–Crippen MR) is 89.2 cm³/mol. The van der Waals surface area contributed by atoms with Gasteiger partial charge in [0.2, 0.25) is 0 Å². The summed E-state index contributed by atoms with van der Waals surface area (Å²) in [5.74, 6) is -4.91. The van der Waals surface area contributed by atoms with E-state index < -0.39 is 66.5 Å². The zero-order chi connectivity index (χ0) is 22.4. The molecule has 0 spiro atoms. The molecule has 0 radical (unpaired) electrons. The molecule has 0 aromatic rings. The van der Waals surface area contributed by atoms with Gasteiger partial charge in [-0.15, -0.1) is 0 Å². The average Bonchev–Trinajstić information content (AvgIpc) is 2.57. The number of esters is 4. The fourth-order valence-electron chi connectivity index (χ4n) is 2.68. The minimum Gasteiger partial charge on any atom is -0.463 e. The molecule has 0 saturated carbocycles. The van der Waals surface area contributed by atoms with Crippen LogP contribution in [0.1, 0.15) is 27.7 Å². The Bertz CT molecular complexity index is 745. The lowest BCUT2D eigenvalue weighted by atomic mass is 9.89. The van der Waals surface area contributed by atoms with Crippen molar-refractivity contribution < 1.29 is 47.7 Å². The molecule has 14 heteroatoms. The van der Waals surface area contributed by atoms with Gasteiger partial charge >= 0.3 is 23.9 Å². The molecular formula is C15H20N4O10. The zero-order valence-corrected chi connectivity index (χ0v) is 16.0. The quantitative estimate of drug-likeness (QED) is 0.180. The van der Waals surface area contributed by atoms with E-state index in [4.69, 9.17) is 34.9 Å². The monoisotopic (exact) mass is 416 g/mol. The summed E-state index contributed by atoms with van der Waals surface area (Å²) in [6.45, 7) is 3.44. The second-order valence-electron chi connectivity index (χ2n) is 5.89. The normalized spacial score (nSPS) is 28.3. The maximum absolute atomic E-state index is 12.2. The molecule has 0 aliphatic carbocycles. The number of carbonyl (C=O) groups is 5. The van der Waals surface area contributed by atoms with Gasteiger partial charge < -0.3 is 29.4 Å². The van der Waals surface area contributed by atoms with Crippen LogP contribution in [-0.4, -0.2) is 66.5 Å². The number of nitrogens with zero attached hydrogens (tertiary/aromatic N) is 3. The van der Waals surface area contributed by atoms with E-state index in [1.54, 1.807) is 0 Å². The van der Waals surface area contributed by atoms with Gasteiger partial charge in [0.15, 0.2) is 18.3 Å². The number of rotatable bonds is 7. The Morgan fingerprint density at radius 3 is 1.90 bits per heavy atom. The summed E-state index contributed by atoms with van der Waals surface area (Å²) >= 11 is 0. The highest BCUT2D eigenvalue weighted by Gasteiger charge is 2.63. The van der Waals surface area contributed by atoms with E-state index in [0.717, 1.165) is 27.7 Å². The Balaban J connectivity index is 3.64. The molecule has 1 aliphatic rings. The standard InChI is InChI=1S/C15H20N4O10/c1-6(20)25-5-10-11(26-7(2)21)12(27-8(3)22)13(28-9(4)23)15(29-10,14(16)24)18-19-17/h10-13H,5H2,1-4H3,(H2,16,24)/t10-,11+,12+,13-,15+/m1/s1. The predicted octanol–water partition coefficient (Wildman–Crippen LogP) is -0.765. The number of primary amides is 1. The van der Waals surface area contributed by atoms with Crippen LogP contribution in [0.4, 0.5) is 0 Å². The maximum atomic E-state index is 12.2. The van der Waals surface area contributed by atoms with Crippen LogP contribution in [0.2, 0.25) is 0 Å². The summed E-state index contributed by atoms with van der Waals surface area (Å²) in [6, 6.07) is 0. The number of azide groups is 1. The van der Waals surface area contributed by atoms with Gasteiger partial charge in [-0.25, -0.2) is 0 Å². The van der Waals surface area contributed by atoms with Gasteiger partial charge in [-0.3, -0.25) is 24.0 Å². The summed E-state index contributed by atoms with van der Waals surface area (Å²) in [5, 5.41) is 3.23. The van der Waals surface area contributed by atoms with Crippen molar-refractivity contribution in [3.8, 4) is 0 Å². The van der Waals surface area contributed by atoms with Gasteiger partial charge in [0, 0.05) is 32.6 Å². The fourth-order valence-corrected chi connectivity index (χ4v) is 2.68. The van der Waals surface area contributed by atoms with Crippen molar-refractivity contribution >= 4 is 29.8 Å². The van der Waals surface area contributed by atoms with Crippen molar-refractivity contribution in [2.75, 3.05) is 6.61 Å². The number of hydrogen-bond acceptors (Lipinski definition) is 11. The fraction of sp³-hybridized carbons (Fsp3) is 0.667. The number of nitrogens with two attached hydrogens (primary N) is 1. The van der Waals surface area contributed by atoms with Gasteiger partial charge in [0.25, 0.3) is 11.6 Å². The van der Waals surface area contributed by atoms with Crippen molar-refractivity contribution in [1.82, 2.24) is 0 Å². The van der Waals surface area contributed by atoms with Crippen molar-refractivity contribution in [3.63, 3.8) is 0 Å². The van der Waals surface area contributed by atoms with E-state index >= 15 is 0 Å². The molecule has 5 atom stereocenters. The van der Waals surface area contributed by atoms with Gasteiger partial charge in [0.05, 0.1) is 0 Å². The first-order valence-electron chi connectivity index (χ1n) is 8.13. The molecular weight excluding hydrogens is 396 g/mol. The molecule has 0 bridgehead atoms. The first kappa shape index (κ1) is 23.7. The molecule has 0 aromatic carbocycles. The van der Waals surface area contributed by atoms with Crippen LogP contribution in [0.15, 0.2) is 5.11 Å². The second kappa shape index (κ2) is 9.71. The molecule has 1 aliphatic heterocycles. The maximum Gasteiger partial charge on any atom is 0.303 e. The van der Waals surface area contributed by atoms with Gasteiger partial charge in [-0.2, -0.15) is 0 Å². The summed E-state index contributed by atoms with van der Waals surface area (Å²) in [6.07, 6.45) is -6.58. The third-order valence-electron chi connectivity index (χ3n) is 3.60. The van der Waals surface area contributed by atoms with Crippen molar-refractivity contribution in [2.24, 2.45) is 10.8 Å². The zero-order valence-electron chi connectivity index (χ0n) is 16.0. The molecule has 1 saturated heterocycles.